The Morgan fingerprint density at radius 1 is 1.50 bits per heavy atom. The second-order valence-corrected chi connectivity index (χ2v) is 6.63. The minimum absolute atomic E-state index is 0.0560. The molecule has 2 aliphatic rings. The minimum atomic E-state index is -0.294. The van der Waals surface area contributed by atoms with Crippen molar-refractivity contribution >= 4 is 17.3 Å². The van der Waals surface area contributed by atoms with Crippen LogP contribution in [0.5, 0.6) is 0 Å². The molecule has 1 saturated heterocycles. The molecule has 2 atom stereocenters. The van der Waals surface area contributed by atoms with Crippen molar-refractivity contribution in [1.29, 1.82) is 0 Å². The van der Waals surface area contributed by atoms with Gasteiger partial charge >= 0.3 is 0 Å². The van der Waals surface area contributed by atoms with Crippen molar-refractivity contribution in [1.82, 2.24) is 10.6 Å². The maximum atomic E-state index is 12.3. The van der Waals surface area contributed by atoms with Gasteiger partial charge in [0.25, 0.3) is 0 Å². The highest BCUT2D eigenvalue weighted by Crippen LogP contribution is 2.49. The summed E-state index contributed by atoms with van der Waals surface area (Å²) in [4.78, 5) is 17.1. The molecule has 3 N–H and O–H groups in total. The van der Waals surface area contributed by atoms with Crippen LogP contribution in [-0.2, 0) is 10.2 Å². The van der Waals surface area contributed by atoms with Gasteiger partial charge in [-0.1, -0.05) is 30.4 Å². The van der Waals surface area contributed by atoms with Crippen LogP contribution in [0.3, 0.4) is 0 Å². The molecule has 2 unspecified atom stereocenters. The Morgan fingerprint density at radius 2 is 2.29 bits per heavy atom. The summed E-state index contributed by atoms with van der Waals surface area (Å²) in [6.07, 6.45) is 2.25. The summed E-state index contributed by atoms with van der Waals surface area (Å²) in [6, 6.07) is 8.24. The molecule has 0 aromatic heterocycles. The van der Waals surface area contributed by atoms with Crippen molar-refractivity contribution in [2.24, 2.45) is 4.99 Å². The van der Waals surface area contributed by atoms with Crippen LogP contribution in [0, 0.1) is 0 Å². The van der Waals surface area contributed by atoms with Gasteiger partial charge in [0.1, 0.15) is 0 Å². The van der Waals surface area contributed by atoms with E-state index in [1.165, 1.54) is 5.56 Å². The molecule has 2 heterocycles. The van der Waals surface area contributed by atoms with E-state index in [4.69, 9.17) is 10.1 Å². The minimum Gasteiger partial charge on any atom is -0.395 e. The number of para-hydroxylation sites is 1. The lowest BCUT2D eigenvalue weighted by Crippen LogP contribution is -2.57. The lowest BCUT2D eigenvalue weighted by Gasteiger charge is -2.44. The average Bonchev–Trinajstić information content (AvgIpc) is 2.87. The lowest BCUT2D eigenvalue weighted by molar-refractivity contribution is -0.120. The summed E-state index contributed by atoms with van der Waals surface area (Å²) >= 11 is 0. The number of nitrogens with one attached hydrogen (secondary N) is 2. The molecule has 1 fully saturated rings. The van der Waals surface area contributed by atoms with Crippen molar-refractivity contribution in [3.63, 3.8) is 0 Å². The third-order valence-corrected chi connectivity index (χ3v) is 5.00. The first-order valence-corrected chi connectivity index (χ1v) is 8.53. The number of fused-ring (bicyclic) bond motifs is 2. The predicted octanol–water partition coefficient (Wildman–Crippen LogP) is 1.84. The second-order valence-electron chi connectivity index (χ2n) is 6.63. The number of carbonyl (C=O) groups excluding carboxylic acids is 1. The number of amides is 1. The highest BCUT2D eigenvalue weighted by Gasteiger charge is 2.50. The largest absolute Gasteiger partial charge is 0.395 e. The van der Waals surface area contributed by atoms with E-state index in [2.05, 4.69) is 23.3 Å². The zero-order valence-electron chi connectivity index (χ0n) is 14.1. The van der Waals surface area contributed by atoms with Gasteiger partial charge in [0, 0.05) is 18.3 Å². The molecule has 1 amide bonds. The number of aliphatic hydroxyl groups excluding tert-OH is 1. The van der Waals surface area contributed by atoms with Crippen LogP contribution in [-0.4, -0.2) is 42.5 Å². The van der Waals surface area contributed by atoms with Crippen molar-refractivity contribution in [3.05, 3.63) is 42.0 Å². The summed E-state index contributed by atoms with van der Waals surface area (Å²) in [5, 5.41) is 15.2. The smallest absolute Gasteiger partial charge is 0.225 e. The summed E-state index contributed by atoms with van der Waals surface area (Å²) in [7, 11) is 0. The number of piperidine rings is 1. The zero-order valence-corrected chi connectivity index (χ0v) is 14.1. The fourth-order valence-corrected chi connectivity index (χ4v) is 4.08. The second kappa shape index (κ2) is 6.87. The van der Waals surface area contributed by atoms with Crippen molar-refractivity contribution in [3.8, 4) is 0 Å². The van der Waals surface area contributed by atoms with Crippen molar-refractivity contribution in [2.75, 3.05) is 19.7 Å². The fourth-order valence-electron chi connectivity index (χ4n) is 4.08. The van der Waals surface area contributed by atoms with Crippen LogP contribution in [0.2, 0.25) is 0 Å². The van der Waals surface area contributed by atoms with Crippen LogP contribution >= 0.6 is 0 Å². The van der Waals surface area contributed by atoms with E-state index in [0.29, 0.717) is 0 Å². The topological polar surface area (TPSA) is 73.7 Å². The first-order chi connectivity index (χ1) is 11.6. The predicted molar refractivity (Wildman–Crippen MR) is 95.8 cm³/mol. The van der Waals surface area contributed by atoms with E-state index in [9.17, 15) is 4.79 Å². The van der Waals surface area contributed by atoms with Gasteiger partial charge in [0.2, 0.25) is 5.91 Å². The number of benzene rings is 1. The zero-order chi connectivity index (χ0) is 17.2. The first-order valence-electron chi connectivity index (χ1n) is 8.53. The number of hydrogen-bond donors (Lipinski definition) is 3. The summed E-state index contributed by atoms with van der Waals surface area (Å²) in [6.45, 7) is 7.39. The normalized spacial score (nSPS) is 25.2. The van der Waals surface area contributed by atoms with Gasteiger partial charge in [-0.25, -0.2) is 0 Å². The van der Waals surface area contributed by atoms with Crippen LogP contribution < -0.4 is 10.6 Å². The van der Waals surface area contributed by atoms with E-state index < -0.39 is 0 Å². The van der Waals surface area contributed by atoms with Crippen LogP contribution in [0.4, 0.5) is 5.69 Å². The molecule has 1 aromatic rings. The van der Waals surface area contributed by atoms with Crippen LogP contribution in [0.25, 0.3) is 0 Å². The standard InChI is InChI=1S/C19H25N3O2/c1-13(2)18-19(8-5-9-21-18)14-6-3-4-7-15(14)22-16(19)12-17(24)20-10-11-23/h3-4,6-7,18,21,23H,1,5,8-12H2,2H3,(H,20,24). The third kappa shape index (κ3) is 2.78. The Bertz CT molecular complexity index is 683. The summed E-state index contributed by atoms with van der Waals surface area (Å²) in [5.74, 6) is -0.0963. The van der Waals surface area contributed by atoms with Crippen LogP contribution in [0.1, 0.15) is 31.7 Å². The van der Waals surface area contributed by atoms with Crippen LogP contribution in [0.15, 0.2) is 41.4 Å². The van der Waals surface area contributed by atoms with E-state index in [0.717, 1.165) is 36.4 Å². The number of aliphatic hydroxyl groups is 1. The molecule has 0 aliphatic carbocycles. The van der Waals surface area contributed by atoms with Gasteiger partial charge in [-0.3, -0.25) is 9.79 Å². The first kappa shape index (κ1) is 16.9. The van der Waals surface area contributed by atoms with Crippen molar-refractivity contribution < 1.29 is 9.90 Å². The lowest BCUT2D eigenvalue weighted by atomic mass is 9.64. The van der Waals surface area contributed by atoms with Gasteiger partial charge in [0.15, 0.2) is 0 Å². The van der Waals surface area contributed by atoms with Gasteiger partial charge in [-0.15, -0.1) is 0 Å². The molecule has 1 aromatic carbocycles. The SMILES string of the molecule is C=C(C)C1NCCCC12C(CC(=O)NCCO)=Nc1ccccc12. The Hall–Kier alpha value is -1.98. The number of aliphatic imine (C=N–C) groups is 1. The molecule has 128 valence electrons. The number of hydrogen-bond acceptors (Lipinski definition) is 4. The molecular formula is C19H25N3O2. The highest BCUT2D eigenvalue weighted by atomic mass is 16.3. The van der Waals surface area contributed by atoms with Gasteiger partial charge in [-0.2, -0.15) is 0 Å². The van der Waals surface area contributed by atoms with E-state index >= 15 is 0 Å². The molecular weight excluding hydrogens is 302 g/mol. The maximum absolute atomic E-state index is 12.3. The van der Waals surface area contributed by atoms with E-state index in [1.54, 1.807) is 0 Å². The Kier molecular flexibility index (Phi) is 4.83. The monoisotopic (exact) mass is 327 g/mol. The van der Waals surface area contributed by atoms with Gasteiger partial charge in [-0.05, 0) is 37.9 Å². The van der Waals surface area contributed by atoms with E-state index in [1.807, 2.05) is 25.1 Å². The molecule has 0 saturated carbocycles. The molecule has 24 heavy (non-hydrogen) atoms. The Labute approximate surface area is 142 Å². The Balaban J connectivity index is 2.00. The maximum Gasteiger partial charge on any atom is 0.225 e. The number of rotatable bonds is 5. The molecule has 1 spiro atoms. The van der Waals surface area contributed by atoms with Gasteiger partial charge < -0.3 is 15.7 Å². The average molecular weight is 327 g/mol. The van der Waals surface area contributed by atoms with Gasteiger partial charge in [0.05, 0.1) is 24.1 Å². The summed E-state index contributed by atoms with van der Waals surface area (Å²) in [5.41, 5.74) is 3.82. The molecule has 3 rings (SSSR count). The third-order valence-electron chi connectivity index (χ3n) is 5.00. The highest BCUT2D eigenvalue weighted by molar-refractivity contribution is 6.11. The number of carbonyl (C=O) groups is 1. The molecule has 0 radical (unpaired) electrons. The van der Waals surface area contributed by atoms with Crippen molar-refractivity contribution in [2.45, 2.75) is 37.6 Å². The molecule has 2 aliphatic heterocycles. The molecule has 0 bridgehead atoms. The summed E-state index contributed by atoms with van der Waals surface area (Å²) < 4.78 is 0. The Morgan fingerprint density at radius 3 is 3.04 bits per heavy atom. The quantitative estimate of drug-likeness (QED) is 0.723. The van der Waals surface area contributed by atoms with E-state index in [-0.39, 0.29) is 36.9 Å². The molecule has 5 heteroatoms. The molecule has 5 nitrogen and oxygen atoms in total. The fraction of sp³-hybridized carbons (Fsp3) is 0.474. The number of nitrogens with zero attached hydrogens (tertiary/aromatic N) is 1.